The zero-order valence-corrected chi connectivity index (χ0v) is 15.5. The first kappa shape index (κ1) is 17.8. The van der Waals surface area contributed by atoms with Crippen molar-refractivity contribution in [3.63, 3.8) is 0 Å². The molecule has 4 rings (SSSR count). The molecule has 0 fully saturated rings. The summed E-state index contributed by atoms with van der Waals surface area (Å²) >= 11 is 0. The van der Waals surface area contributed by atoms with Crippen LogP contribution in [0.1, 0.15) is 26.2 Å². The van der Waals surface area contributed by atoms with Gasteiger partial charge in [-0.2, -0.15) is 9.61 Å². The van der Waals surface area contributed by atoms with Gasteiger partial charge >= 0.3 is 0 Å². The Bertz CT molecular complexity index is 1110. The third-order valence-electron chi connectivity index (χ3n) is 4.36. The van der Waals surface area contributed by atoms with Gasteiger partial charge in [-0.3, -0.25) is 9.78 Å². The molecule has 28 heavy (non-hydrogen) atoms. The van der Waals surface area contributed by atoms with Gasteiger partial charge in [0.1, 0.15) is 5.69 Å². The predicted molar refractivity (Wildman–Crippen MR) is 108 cm³/mol. The van der Waals surface area contributed by atoms with Crippen molar-refractivity contribution >= 4 is 17.2 Å². The monoisotopic (exact) mass is 372 g/mol. The van der Waals surface area contributed by atoms with Crippen LogP contribution in [0.2, 0.25) is 0 Å². The van der Waals surface area contributed by atoms with Gasteiger partial charge in [-0.15, -0.1) is 10.2 Å². The van der Waals surface area contributed by atoms with E-state index in [4.69, 9.17) is 5.10 Å². The van der Waals surface area contributed by atoms with Gasteiger partial charge in [-0.1, -0.05) is 31.5 Å². The lowest BCUT2D eigenvalue weighted by Crippen LogP contribution is -2.10. The van der Waals surface area contributed by atoms with Crippen LogP contribution in [0.25, 0.3) is 28.4 Å². The Labute approximate surface area is 162 Å². The van der Waals surface area contributed by atoms with Gasteiger partial charge in [-0.05, 0) is 42.8 Å². The molecule has 1 amide bonds. The lowest BCUT2D eigenvalue weighted by atomic mass is 10.1. The number of carbonyl (C=O) groups is 1. The van der Waals surface area contributed by atoms with E-state index in [1.54, 1.807) is 10.7 Å². The fraction of sp³-hybridized carbons (Fsp3) is 0.190. The highest BCUT2D eigenvalue weighted by atomic mass is 16.1. The van der Waals surface area contributed by atoms with Crippen molar-refractivity contribution in [1.29, 1.82) is 0 Å². The van der Waals surface area contributed by atoms with Crippen molar-refractivity contribution < 1.29 is 4.79 Å². The molecule has 3 aromatic heterocycles. The van der Waals surface area contributed by atoms with E-state index in [0.717, 1.165) is 29.8 Å². The third kappa shape index (κ3) is 3.73. The standard InChI is InChI=1S/C21H20N6O/c1-2-3-10-20(28)23-16-8-6-7-15(14-16)17-11-12-19-24-25-21(27(19)26-17)18-9-4-5-13-22-18/h4-9,11-14H,2-3,10H2,1H3,(H,23,28). The van der Waals surface area contributed by atoms with Crippen LogP contribution in [0.5, 0.6) is 0 Å². The van der Waals surface area contributed by atoms with E-state index in [1.165, 1.54) is 0 Å². The van der Waals surface area contributed by atoms with E-state index in [1.807, 2.05) is 54.6 Å². The van der Waals surface area contributed by atoms with Crippen LogP contribution in [0.4, 0.5) is 5.69 Å². The Balaban J connectivity index is 1.66. The van der Waals surface area contributed by atoms with E-state index >= 15 is 0 Å². The van der Waals surface area contributed by atoms with Crippen LogP contribution < -0.4 is 5.32 Å². The third-order valence-corrected chi connectivity index (χ3v) is 4.36. The molecule has 0 aliphatic heterocycles. The quantitative estimate of drug-likeness (QED) is 0.553. The summed E-state index contributed by atoms with van der Waals surface area (Å²) in [6.07, 6.45) is 4.12. The molecule has 1 N–H and O–H groups in total. The Morgan fingerprint density at radius 1 is 1.04 bits per heavy atom. The normalized spacial score (nSPS) is 10.9. The number of fused-ring (bicyclic) bond motifs is 1. The molecule has 0 atom stereocenters. The number of nitrogens with zero attached hydrogens (tertiary/aromatic N) is 5. The molecule has 0 spiro atoms. The average Bonchev–Trinajstić information content (AvgIpc) is 3.16. The first-order chi connectivity index (χ1) is 13.7. The second kappa shape index (κ2) is 7.96. The van der Waals surface area contributed by atoms with E-state index in [2.05, 4.69) is 27.4 Å². The second-order valence-electron chi connectivity index (χ2n) is 6.46. The molecule has 0 bridgehead atoms. The molecule has 7 nitrogen and oxygen atoms in total. The van der Waals surface area contributed by atoms with Crippen molar-refractivity contribution in [3.8, 4) is 22.8 Å². The highest BCUT2D eigenvalue weighted by Gasteiger charge is 2.12. The van der Waals surface area contributed by atoms with Gasteiger partial charge in [-0.25, -0.2) is 0 Å². The fourth-order valence-electron chi connectivity index (χ4n) is 2.91. The smallest absolute Gasteiger partial charge is 0.224 e. The van der Waals surface area contributed by atoms with Crippen LogP contribution in [0.3, 0.4) is 0 Å². The lowest BCUT2D eigenvalue weighted by Gasteiger charge is -2.08. The maximum Gasteiger partial charge on any atom is 0.224 e. The molecule has 0 unspecified atom stereocenters. The van der Waals surface area contributed by atoms with Crippen LogP contribution in [-0.2, 0) is 4.79 Å². The predicted octanol–water partition coefficient (Wildman–Crippen LogP) is 3.98. The summed E-state index contributed by atoms with van der Waals surface area (Å²) in [4.78, 5) is 16.3. The van der Waals surface area contributed by atoms with Gasteiger partial charge in [0.15, 0.2) is 5.65 Å². The summed E-state index contributed by atoms with van der Waals surface area (Å²) in [6.45, 7) is 2.07. The highest BCUT2D eigenvalue weighted by molar-refractivity contribution is 5.91. The number of unbranched alkanes of at least 4 members (excludes halogenated alkanes) is 1. The van der Waals surface area contributed by atoms with Gasteiger partial charge in [0.05, 0.1) is 5.69 Å². The first-order valence-corrected chi connectivity index (χ1v) is 9.29. The van der Waals surface area contributed by atoms with Crippen molar-refractivity contribution in [3.05, 3.63) is 60.8 Å². The number of hydrogen-bond donors (Lipinski definition) is 1. The summed E-state index contributed by atoms with van der Waals surface area (Å²) in [6, 6.07) is 17.1. The molecule has 0 aliphatic rings. The second-order valence-corrected chi connectivity index (χ2v) is 6.46. The molecule has 4 aromatic rings. The zero-order chi connectivity index (χ0) is 19.3. The topological polar surface area (TPSA) is 85.1 Å². The molecule has 1 aromatic carbocycles. The van der Waals surface area contributed by atoms with Crippen LogP contribution >= 0.6 is 0 Å². The number of hydrogen-bond acceptors (Lipinski definition) is 5. The average molecular weight is 372 g/mol. The molecule has 140 valence electrons. The molecule has 0 saturated carbocycles. The van der Waals surface area contributed by atoms with Gasteiger partial charge < -0.3 is 5.32 Å². The molecule has 7 heteroatoms. The zero-order valence-electron chi connectivity index (χ0n) is 15.5. The maximum atomic E-state index is 12.0. The van der Waals surface area contributed by atoms with Crippen molar-refractivity contribution in [2.75, 3.05) is 5.32 Å². The lowest BCUT2D eigenvalue weighted by molar-refractivity contribution is -0.116. The number of amides is 1. The molecule has 0 saturated heterocycles. The van der Waals surface area contributed by atoms with Gasteiger partial charge in [0.2, 0.25) is 11.7 Å². The van der Waals surface area contributed by atoms with E-state index in [-0.39, 0.29) is 5.91 Å². The molecular weight excluding hydrogens is 352 g/mol. The first-order valence-electron chi connectivity index (χ1n) is 9.29. The maximum absolute atomic E-state index is 12.0. The number of pyridine rings is 1. The van der Waals surface area contributed by atoms with Gasteiger partial charge in [0, 0.05) is 23.9 Å². The molecular formula is C21H20N6O. The Kier molecular flexibility index (Phi) is 5.05. The summed E-state index contributed by atoms with van der Waals surface area (Å²) in [7, 11) is 0. The summed E-state index contributed by atoms with van der Waals surface area (Å²) in [5.74, 6) is 0.611. The largest absolute Gasteiger partial charge is 0.326 e. The van der Waals surface area contributed by atoms with E-state index < -0.39 is 0 Å². The van der Waals surface area contributed by atoms with Crippen LogP contribution in [-0.4, -0.2) is 30.7 Å². The van der Waals surface area contributed by atoms with Crippen LogP contribution in [0, 0.1) is 0 Å². The highest BCUT2D eigenvalue weighted by Crippen LogP contribution is 2.23. The van der Waals surface area contributed by atoms with Crippen LogP contribution in [0.15, 0.2) is 60.8 Å². The Morgan fingerprint density at radius 3 is 2.79 bits per heavy atom. The van der Waals surface area contributed by atoms with Gasteiger partial charge in [0.25, 0.3) is 0 Å². The van der Waals surface area contributed by atoms with Crippen molar-refractivity contribution in [2.45, 2.75) is 26.2 Å². The SMILES string of the molecule is CCCCC(=O)Nc1cccc(-c2ccc3nnc(-c4ccccn4)n3n2)c1. The summed E-state index contributed by atoms with van der Waals surface area (Å²) < 4.78 is 1.68. The summed E-state index contributed by atoms with van der Waals surface area (Å²) in [5.41, 5.74) is 3.77. The van der Waals surface area contributed by atoms with Crippen molar-refractivity contribution in [2.24, 2.45) is 0 Å². The summed E-state index contributed by atoms with van der Waals surface area (Å²) in [5, 5.41) is 16.0. The minimum absolute atomic E-state index is 0.0265. The Hall–Kier alpha value is -3.61. The molecule has 0 radical (unpaired) electrons. The van der Waals surface area contributed by atoms with Crippen molar-refractivity contribution in [1.82, 2.24) is 24.8 Å². The molecule has 3 heterocycles. The number of benzene rings is 1. The van der Waals surface area contributed by atoms with E-state index in [0.29, 0.717) is 23.6 Å². The molecule has 0 aliphatic carbocycles. The number of rotatable bonds is 6. The minimum atomic E-state index is 0.0265. The van der Waals surface area contributed by atoms with E-state index in [9.17, 15) is 4.79 Å². The number of aromatic nitrogens is 5. The fourth-order valence-corrected chi connectivity index (χ4v) is 2.91. The Morgan fingerprint density at radius 2 is 1.96 bits per heavy atom. The minimum Gasteiger partial charge on any atom is -0.326 e. The number of carbonyl (C=O) groups excluding carboxylic acids is 1. The number of nitrogens with one attached hydrogen (secondary N) is 1. The number of anilines is 1.